The molecule has 1 N–H and O–H groups in total. The summed E-state index contributed by atoms with van der Waals surface area (Å²) in [7, 11) is 3.24. The van der Waals surface area contributed by atoms with Crippen LogP contribution in [0.4, 0.5) is 5.69 Å². The standard InChI is InChI=1S/C20H19N5O2/c1-26-18-9-8-17(11-19(18)27-2)21-12-15-10-16(14-6-4-3-5-7-14)13-25-20(15)22-23-24-25/h3-11,13,21H,12H2,1-2H3. The molecule has 0 saturated heterocycles. The summed E-state index contributed by atoms with van der Waals surface area (Å²) < 4.78 is 12.3. The van der Waals surface area contributed by atoms with Gasteiger partial charge in [0.25, 0.3) is 0 Å². The van der Waals surface area contributed by atoms with Crippen LogP contribution < -0.4 is 14.8 Å². The van der Waals surface area contributed by atoms with Gasteiger partial charge in [-0.2, -0.15) is 4.52 Å². The first-order chi connectivity index (χ1) is 13.3. The summed E-state index contributed by atoms with van der Waals surface area (Å²) in [4.78, 5) is 0. The second-order valence-corrected chi connectivity index (χ2v) is 5.99. The zero-order valence-corrected chi connectivity index (χ0v) is 15.1. The number of methoxy groups -OCH3 is 2. The Hall–Kier alpha value is -3.61. The molecule has 0 atom stereocenters. The molecule has 0 radical (unpaired) electrons. The lowest BCUT2D eigenvalue weighted by molar-refractivity contribution is 0.355. The summed E-state index contributed by atoms with van der Waals surface area (Å²) in [5.41, 5.74) is 4.81. The highest BCUT2D eigenvalue weighted by molar-refractivity contribution is 5.67. The molecule has 0 bridgehead atoms. The number of rotatable bonds is 6. The van der Waals surface area contributed by atoms with Gasteiger partial charge < -0.3 is 14.8 Å². The number of aromatic nitrogens is 4. The molecule has 0 amide bonds. The van der Waals surface area contributed by atoms with E-state index in [1.807, 2.05) is 42.6 Å². The predicted molar refractivity (Wildman–Crippen MR) is 103 cm³/mol. The van der Waals surface area contributed by atoms with Crippen LogP contribution in [0.5, 0.6) is 11.5 Å². The quantitative estimate of drug-likeness (QED) is 0.567. The van der Waals surface area contributed by atoms with Crippen LogP contribution in [-0.2, 0) is 6.54 Å². The average molecular weight is 361 g/mol. The topological polar surface area (TPSA) is 73.6 Å². The molecular weight excluding hydrogens is 342 g/mol. The molecule has 0 unspecified atom stereocenters. The minimum atomic E-state index is 0.569. The zero-order chi connectivity index (χ0) is 18.6. The first kappa shape index (κ1) is 16.8. The molecule has 0 spiro atoms. The van der Waals surface area contributed by atoms with E-state index in [1.165, 1.54) is 0 Å². The molecule has 0 aliphatic carbocycles. The Kier molecular flexibility index (Phi) is 4.57. The van der Waals surface area contributed by atoms with Crippen LogP contribution in [0.15, 0.2) is 60.8 Å². The van der Waals surface area contributed by atoms with E-state index < -0.39 is 0 Å². The highest BCUT2D eigenvalue weighted by atomic mass is 16.5. The predicted octanol–water partition coefficient (Wildman–Crippen LogP) is 3.42. The normalized spacial score (nSPS) is 10.7. The molecule has 4 aromatic rings. The van der Waals surface area contributed by atoms with Gasteiger partial charge in [-0.15, -0.1) is 5.10 Å². The number of hydrogen-bond acceptors (Lipinski definition) is 6. The van der Waals surface area contributed by atoms with E-state index in [9.17, 15) is 0 Å². The number of ether oxygens (including phenoxy) is 2. The molecule has 2 aromatic carbocycles. The van der Waals surface area contributed by atoms with Crippen molar-refractivity contribution in [1.82, 2.24) is 20.0 Å². The molecule has 7 heteroatoms. The number of hydrogen-bond donors (Lipinski definition) is 1. The van der Waals surface area contributed by atoms with Crippen molar-refractivity contribution >= 4 is 11.3 Å². The summed E-state index contributed by atoms with van der Waals surface area (Å²) in [6.07, 6.45) is 1.94. The Morgan fingerprint density at radius 1 is 0.926 bits per heavy atom. The molecule has 4 rings (SSSR count). The molecule has 0 saturated carbocycles. The van der Waals surface area contributed by atoms with E-state index in [4.69, 9.17) is 9.47 Å². The number of nitrogens with one attached hydrogen (secondary N) is 1. The minimum Gasteiger partial charge on any atom is -0.493 e. The lowest BCUT2D eigenvalue weighted by atomic mass is 10.1. The number of fused-ring (bicyclic) bond motifs is 1. The van der Waals surface area contributed by atoms with Gasteiger partial charge in [-0.1, -0.05) is 30.3 Å². The van der Waals surface area contributed by atoms with Gasteiger partial charge in [0, 0.05) is 35.6 Å². The summed E-state index contributed by atoms with van der Waals surface area (Å²) in [5.74, 6) is 1.37. The molecule has 27 heavy (non-hydrogen) atoms. The molecule has 136 valence electrons. The fourth-order valence-electron chi connectivity index (χ4n) is 2.98. The highest BCUT2D eigenvalue weighted by Gasteiger charge is 2.10. The molecule has 0 fully saturated rings. The second-order valence-electron chi connectivity index (χ2n) is 5.99. The van der Waals surface area contributed by atoms with Crippen LogP contribution in [-0.4, -0.2) is 34.3 Å². The first-order valence-corrected chi connectivity index (χ1v) is 8.50. The third-order valence-electron chi connectivity index (χ3n) is 4.34. The maximum atomic E-state index is 5.36. The Balaban J connectivity index is 1.65. The monoisotopic (exact) mass is 361 g/mol. The molecule has 2 heterocycles. The zero-order valence-electron chi connectivity index (χ0n) is 15.1. The van der Waals surface area contributed by atoms with E-state index in [-0.39, 0.29) is 0 Å². The van der Waals surface area contributed by atoms with Crippen LogP contribution in [0.1, 0.15) is 5.56 Å². The van der Waals surface area contributed by atoms with Gasteiger partial charge in [-0.3, -0.25) is 0 Å². The van der Waals surface area contributed by atoms with E-state index in [2.05, 4.69) is 39.0 Å². The van der Waals surface area contributed by atoms with Crippen molar-refractivity contribution in [2.75, 3.05) is 19.5 Å². The highest BCUT2D eigenvalue weighted by Crippen LogP contribution is 2.30. The third-order valence-corrected chi connectivity index (χ3v) is 4.34. The van der Waals surface area contributed by atoms with Crippen molar-refractivity contribution in [2.24, 2.45) is 0 Å². The lowest BCUT2D eigenvalue weighted by Gasteiger charge is -2.12. The van der Waals surface area contributed by atoms with Crippen LogP contribution in [0.2, 0.25) is 0 Å². The van der Waals surface area contributed by atoms with Crippen LogP contribution in [0.25, 0.3) is 16.8 Å². The van der Waals surface area contributed by atoms with Crippen molar-refractivity contribution in [3.05, 3.63) is 66.4 Å². The van der Waals surface area contributed by atoms with Crippen molar-refractivity contribution in [1.29, 1.82) is 0 Å². The third kappa shape index (κ3) is 3.39. The van der Waals surface area contributed by atoms with Crippen molar-refractivity contribution in [2.45, 2.75) is 6.54 Å². The second kappa shape index (κ2) is 7.33. The molecule has 2 aromatic heterocycles. The Morgan fingerprint density at radius 3 is 2.52 bits per heavy atom. The maximum absolute atomic E-state index is 5.36. The summed E-state index contributed by atoms with van der Waals surface area (Å²) >= 11 is 0. The minimum absolute atomic E-state index is 0.569. The fourth-order valence-corrected chi connectivity index (χ4v) is 2.98. The SMILES string of the molecule is COc1ccc(NCc2cc(-c3ccccc3)cn3nnnc23)cc1OC. The lowest BCUT2D eigenvalue weighted by Crippen LogP contribution is -2.04. The number of pyridine rings is 1. The van der Waals surface area contributed by atoms with E-state index in [1.54, 1.807) is 18.7 Å². The first-order valence-electron chi connectivity index (χ1n) is 8.50. The van der Waals surface area contributed by atoms with Crippen molar-refractivity contribution in [3.63, 3.8) is 0 Å². The van der Waals surface area contributed by atoms with Crippen molar-refractivity contribution in [3.8, 4) is 22.6 Å². The molecule has 7 nitrogen and oxygen atoms in total. The van der Waals surface area contributed by atoms with Gasteiger partial charge in [0.05, 0.1) is 14.2 Å². The number of nitrogens with zero attached hydrogens (tertiary/aromatic N) is 4. The molecule has 0 aliphatic rings. The smallest absolute Gasteiger partial charge is 0.184 e. The van der Waals surface area contributed by atoms with Gasteiger partial charge >= 0.3 is 0 Å². The number of benzene rings is 2. The van der Waals surface area contributed by atoms with Gasteiger partial charge in [-0.05, 0) is 34.2 Å². The molecule has 0 aliphatic heterocycles. The number of anilines is 1. The van der Waals surface area contributed by atoms with Crippen LogP contribution >= 0.6 is 0 Å². The number of tetrazole rings is 1. The van der Waals surface area contributed by atoms with Gasteiger partial charge in [0.1, 0.15) is 0 Å². The van der Waals surface area contributed by atoms with Gasteiger partial charge in [0.2, 0.25) is 0 Å². The van der Waals surface area contributed by atoms with Crippen LogP contribution in [0.3, 0.4) is 0 Å². The fraction of sp³-hybridized carbons (Fsp3) is 0.150. The van der Waals surface area contributed by atoms with Gasteiger partial charge in [0.15, 0.2) is 17.1 Å². The Morgan fingerprint density at radius 2 is 1.74 bits per heavy atom. The molecular formula is C20H19N5O2. The largest absolute Gasteiger partial charge is 0.493 e. The summed E-state index contributed by atoms with van der Waals surface area (Å²) in [6.45, 7) is 0.569. The summed E-state index contributed by atoms with van der Waals surface area (Å²) in [5, 5.41) is 15.4. The van der Waals surface area contributed by atoms with E-state index >= 15 is 0 Å². The maximum Gasteiger partial charge on any atom is 0.184 e. The van der Waals surface area contributed by atoms with Crippen molar-refractivity contribution < 1.29 is 9.47 Å². The average Bonchev–Trinajstić information content (AvgIpc) is 3.21. The Bertz CT molecular complexity index is 1060. The van der Waals surface area contributed by atoms with E-state index in [0.29, 0.717) is 18.0 Å². The summed E-state index contributed by atoms with van der Waals surface area (Å²) in [6, 6.07) is 18.0. The van der Waals surface area contributed by atoms with Crippen LogP contribution in [0, 0.1) is 0 Å². The Labute approximate surface area is 156 Å². The van der Waals surface area contributed by atoms with E-state index in [0.717, 1.165) is 28.0 Å². The van der Waals surface area contributed by atoms with Gasteiger partial charge in [-0.25, -0.2) is 0 Å².